The fourth-order valence-corrected chi connectivity index (χ4v) is 4.93. The van der Waals surface area contributed by atoms with Crippen LogP contribution in [0.3, 0.4) is 0 Å². The van der Waals surface area contributed by atoms with Crippen LogP contribution in [0.15, 0.2) is 48.8 Å². The van der Waals surface area contributed by atoms with Crippen molar-refractivity contribution in [1.29, 1.82) is 0 Å². The molecule has 32 heavy (non-hydrogen) atoms. The van der Waals surface area contributed by atoms with E-state index in [1.807, 2.05) is 12.1 Å². The van der Waals surface area contributed by atoms with Crippen molar-refractivity contribution in [2.45, 2.75) is 51.0 Å². The molecule has 0 unspecified atom stereocenters. The summed E-state index contributed by atoms with van der Waals surface area (Å²) in [6.45, 7) is 4.35. The van der Waals surface area contributed by atoms with Crippen LogP contribution in [0.4, 0.5) is 10.2 Å². The summed E-state index contributed by atoms with van der Waals surface area (Å²) in [6.07, 6.45) is 5.44. The average Bonchev–Trinajstić information content (AvgIpc) is 3.49. The summed E-state index contributed by atoms with van der Waals surface area (Å²) in [5.74, 6) is -0.442. The lowest BCUT2D eigenvalue weighted by molar-refractivity contribution is -0.138. The van der Waals surface area contributed by atoms with Gasteiger partial charge in [0.25, 0.3) is 0 Å². The van der Waals surface area contributed by atoms with Gasteiger partial charge in [0.1, 0.15) is 11.6 Å². The Bertz CT molecular complexity index is 1180. The first-order valence-corrected chi connectivity index (χ1v) is 11.2. The lowest BCUT2D eigenvalue weighted by Crippen LogP contribution is -2.11. The van der Waals surface area contributed by atoms with Crippen molar-refractivity contribution >= 4 is 11.8 Å². The summed E-state index contributed by atoms with van der Waals surface area (Å²) in [5, 5.41) is 12.4. The molecular formula is C26H26FN3O2. The minimum absolute atomic E-state index is 0.0534. The fraction of sp³-hybridized carbons (Fsp3) is 0.346. The number of fused-ring (bicyclic) bond motifs is 1. The zero-order valence-electron chi connectivity index (χ0n) is 18.2. The van der Waals surface area contributed by atoms with Crippen molar-refractivity contribution in [3.63, 3.8) is 0 Å². The van der Waals surface area contributed by atoms with Crippen LogP contribution in [0.25, 0.3) is 11.1 Å². The van der Waals surface area contributed by atoms with Gasteiger partial charge in [-0.2, -0.15) is 0 Å². The first kappa shape index (κ1) is 20.6. The number of aliphatic carboxylic acids is 1. The van der Waals surface area contributed by atoms with Crippen LogP contribution in [0.2, 0.25) is 0 Å². The molecule has 0 bridgehead atoms. The second kappa shape index (κ2) is 8.01. The average molecular weight is 432 g/mol. The first-order valence-electron chi connectivity index (χ1n) is 11.2. The molecule has 2 aromatic carbocycles. The Morgan fingerprint density at radius 1 is 1.12 bits per heavy atom. The van der Waals surface area contributed by atoms with Gasteiger partial charge in [-0.15, -0.1) is 0 Å². The van der Waals surface area contributed by atoms with Crippen LogP contribution in [0, 0.1) is 11.7 Å². The van der Waals surface area contributed by atoms with Gasteiger partial charge < -0.3 is 10.4 Å². The predicted octanol–water partition coefficient (Wildman–Crippen LogP) is 5.69. The van der Waals surface area contributed by atoms with Crippen LogP contribution >= 0.6 is 0 Å². The number of anilines is 1. The number of benzene rings is 2. The van der Waals surface area contributed by atoms with E-state index in [9.17, 15) is 9.18 Å². The summed E-state index contributed by atoms with van der Waals surface area (Å²) in [4.78, 5) is 19.9. The number of carbonyl (C=O) groups is 1. The summed E-state index contributed by atoms with van der Waals surface area (Å²) in [5.41, 5.74) is 6.00. The van der Waals surface area contributed by atoms with E-state index >= 15 is 0 Å². The van der Waals surface area contributed by atoms with E-state index in [4.69, 9.17) is 5.11 Å². The smallest absolute Gasteiger partial charge is 0.307 e. The van der Waals surface area contributed by atoms with Gasteiger partial charge in [-0.25, -0.2) is 9.37 Å². The molecule has 2 aliphatic rings. The molecule has 1 aromatic heterocycles. The van der Waals surface area contributed by atoms with E-state index < -0.39 is 5.97 Å². The molecule has 3 aromatic rings. The predicted molar refractivity (Wildman–Crippen MR) is 121 cm³/mol. The van der Waals surface area contributed by atoms with E-state index in [1.54, 1.807) is 18.5 Å². The van der Waals surface area contributed by atoms with Crippen molar-refractivity contribution < 1.29 is 14.3 Å². The number of carboxylic acid groups (broad SMARTS) is 1. The monoisotopic (exact) mass is 431 g/mol. The van der Waals surface area contributed by atoms with Crippen LogP contribution in [0.1, 0.15) is 67.0 Å². The molecule has 0 radical (unpaired) electrons. The summed E-state index contributed by atoms with van der Waals surface area (Å²) in [6, 6.07) is 11.6. The third-order valence-corrected chi connectivity index (χ3v) is 6.69. The van der Waals surface area contributed by atoms with Crippen molar-refractivity contribution in [3.8, 4) is 11.1 Å². The normalized spacial score (nSPS) is 21.4. The Labute approximate surface area is 186 Å². The van der Waals surface area contributed by atoms with Crippen molar-refractivity contribution in [2.24, 2.45) is 5.92 Å². The van der Waals surface area contributed by atoms with E-state index in [0.29, 0.717) is 29.4 Å². The Balaban J connectivity index is 1.41. The molecule has 0 spiro atoms. The van der Waals surface area contributed by atoms with Crippen LogP contribution in [-0.4, -0.2) is 21.0 Å². The molecule has 0 saturated heterocycles. The van der Waals surface area contributed by atoms with E-state index in [2.05, 4.69) is 47.3 Å². The minimum Gasteiger partial charge on any atom is -0.481 e. The summed E-state index contributed by atoms with van der Waals surface area (Å²) < 4.78 is 15.0. The van der Waals surface area contributed by atoms with Crippen molar-refractivity contribution in [1.82, 2.24) is 9.97 Å². The minimum atomic E-state index is -0.785. The SMILES string of the molecule is CC(C)c1ccccc1-c1ccc(F)c2c1CC[C@H]2Nc1cnc([C@H]2C[C@@H]2C(=O)O)cn1. The Morgan fingerprint density at radius 3 is 2.62 bits per heavy atom. The number of hydrogen-bond donors (Lipinski definition) is 2. The van der Waals surface area contributed by atoms with Gasteiger partial charge in [-0.1, -0.05) is 44.2 Å². The zero-order valence-corrected chi connectivity index (χ0v) is 18.2. The highest BCUT2D eigenvalue weighted by atomic mass is 19.1. The Hall–Kier alpha value is -3.28. The van der Waals surface area contributed by atoms with Gasteiger partial charge in [0.05, 0.1) is 30.0 Å². The third kappa shape index (κ3) is 3.64. The molecule has 0 aliphatic heterocycles. The number of aromatic nitrogens is 2. The lowest BCUT2D eigenvalue weighted by atomic mass is 9.89. The summed E-state index contributed by atoms with van der Waals surface area (Å²) in [7, 11) is 0. The maximum absolute atomic E-state index is 15.0. The molecule has 1 saturated carbocycles. The molecule has 3 atom stereocenters. The lowest BCUT2D eigenvalue weighted by Gasteiger charge is -2.18. The van der Waals surface area contributed by atoms with Gasteiger partial charge in [0.2, 0.25) is 0 Å². The van der Waals surface area contributed by atoms with Crippen LogP contribution < -0.4 is 5.32 Å². The molecule has 5 nitrogen and oxygen atoms in total. The molecule has 0 amide bonds. The summed E-state index contributed by atoms with van der Waals surface area (Å²) >= 11 is 0. The van der Waals surface area contributed by atoms with E-state index in [-0.39, 0.29) is 23.7 Å². The molecular weight excluding hydrogens is 405 g/mol. The second-order valence-electron chi connectivity index (χ2n) is 9.08. The molecule has 2 N–H and O–H groups in total. The van der Waals surface area contributed by atoms with Crippen LogP contribution in [0.5, 0.6) is 0 Å². The van der Waals surface area contributed by atoms with Gasteiger partial charge in [-0.05, 0) is 53.5 Å². The topological polar surface area (TPSA) is 75.1 Å². The highest BCUT2D eigenvalue weighted by molar-refractivity contribution is 5.75. The van der Waals surface area contributed by atoms with E-state index in [1.165, 1.54) is 11.1 Å². The van der Waals surface area contributed by atoms with Crippen molar-refractivity contribution in [2.75, 3.05) is 5.32 Å². The molecule has 1 heterocycles. The van der Waals surface area contributed by atoms with Gasteiger partial charge in [-0.3, -0.25) is 9.78 Å². The van der Waals surface area contributed by atoms with Crippen LogP contribution in [-0.2, 0) is 11.2 Å². The number of halogens is 1. The van der Waals surface area contributed by atoms with Gasteiger partial charge in [0, 0.05) is 11.5 Å². The molecule has 1 fully saturated rings. The highest BCUT2D eigenvalue weighted by Gasteiger charge is 2.45. The molecule has 164 valence electrons. The third-order valence-electron chi connectivity index (χ3n) is 6.69. The van der Waals surface area contributed by atoms with Gasteiger partial charge >= 0.3 is 5.97 Å². The number of hydrogen-bond acceptors (Lipinski definition) is 4. The number of nitrogens with zero attached hydrogens (tertiary/aromatic N) is 2. The first-order chi connectivity index (χ1) is 15.4. The molecule has 2 aliphatic carbocycles. The second-order valence-corrected chi connectivity index (χ2v) is 9.08. The quantitative estimate of drug-likeness (QED) is 0.524. The maximum Gasteiger partial charge on any atom is 0.307 e. The Morgan fingerprint density at radius 2 is 1.94 bits per heavy atom. The Kier molecular flexibility index (Phi) is 5.16. The number of rotatable bonds is 6. The fourth-order valence-electron chi connectivity index (χ4n) is 4.93. The zero-order chi connectivity index (χ0) is 22.4. The highest BCUT2D eigenvalue weighted by Crippen LogP contribution is 2.47. The van der Waals surface area contributed by atoms with E-state index in [0.717, 1.165) is 24.0 Å². The number of carboxylic acids is 1. The maximum atomic E-state index is 15.0. The largest absolute Gasteiger partial charge is 0.481 e. The molecule has 5 rings (SSSR count). The molecule has 6 heteroatoms. The number of nitrogens with one attached hydrogen (secondary N) is 1. The van der Waals surface area contributed by atoms with Crippen molar-refractivity contribution in [3.05, 3.63) is 77.0 Å². The van der Waals surface area contributed by atoms with Gasteiger partial charge in [0.15, 0.2) is 0 Å². The standard InChI is InChI=1S/C26H26FN3O2/c1-14(2)15-5-3-4-6-16(15)17-7-9-21(27)25-18(17)8-10-22(25)30-24-13-28-23(12-29-24)19-11-20(19)26(31)32/h3-7,9,12-14,19-20,22H,8,10-11H2,1-2H3,(H,29,30)(H,31,32)/t19-,20-,22+/m0/s1.